The summed E-state index contributed by atoms with van der Waals surface area (Å²) in [5.41, 5.74) is 4.12. The summed E-state index contributed by atoms with van der Waals surface area (Å²) in [6.45, 7) is 4.92. The number of rotatable bonds is 6. The maximum Gasteiger partial charge on any atom is 0.255 e. The van der Waals surface area contributed by atoms with Crippen molar-refractivity contribution in [2.45, 2.75) is 39.5 Å². The van der Waals surface area contributed by atoms with Crippen LogP contribution in [0.5, 0.6) is 11.5 Å². The van der Waals surface area contributed by atoms with Crippen LogP contribution in [0, 0.1) is 0 Å². The Balaban J connectivity index is 1.83. The van der Waals surface area contributed by atoms with E-state index in [4.69, 9.17) is 9.47 Å². The Labute approximate surface area is 149 Å². The molecule has 25 heavy (non-hydrogen) atoms. The van der Waals surface area contributed by atoms with Gasteiger partial charge in [0.25, 0.3) is 5.91 Å². The number of benzene rings is 2. The van der Waals surface area contributed by atoms with Crippen molar-refractivity contribution in [3.63, 3.8) is 0 Å². The summed E-state index contributed by atoms with van der Waals surface area (Å²) < 4.78 is 11.2. The van der Waals surface area contributed by atoms with Crippen molar-refractivity contribution >= 4 is 11.6 Å². The maximum absolute atomic E-state index is 12.7. The number of hydrogen-bond acceptors (Lipinski definition) is 3. The lowest BCUT2D eigenvalue weighted by molar-refractivity contribution is 0.102. The second-order valence-corrected chi connectivity index (χ2v) is 6.13. The minimum absolute atomic E-state index is 0.122. The van der Waals surface area contributed by atoms with Crippen LogP contribution < -0.4 is 14.8 Å². The molecule has 0 atom stereocenters. The highest BCUT2D eigenvalue weighted by molar-refractivity contribution is 6.05. The largest absolute Gasteiger partial charge is 0.490 e. The number of anilines is 1. The summed E-state index contributed by atoms with van der Waals surface area (Å²) in [6, 6.07) is 11.5. The fraction of sp³-hybridized carbons (Fsp3) is 0.381. The third kappa shape index (κ3) is 3.95. The van der Waals surface area contributed by atoms with E-state index < -0.39 is 0 Å². The lowest BCUT2D eigenvalue weighted by Gasteiger charge is -2.20. The molecule has 1 N–H and O–H groups in total. The van der Waals surface area contributed by atoms with Gasteiger partial charge in [0.15, 0.2) is 11.5 Å². The van der Waals surface area contributed by atoms with Crippen molar-refractivity contribution in [1.82, 2.24) is 0 Å². The minimum atomic E-state index is -0.122. The summed E-state index contributed by atoms with van der Waals surface area (Å²) in [5, 5.41) is 3.07. The van der Waals surface area contributed by atoms with E-state index in [0.717, 1.165) is 18.5 Å². The van der Waals surface area contributed by atoms with Crippen molar-refractivity contribution in [3.05, 3.63) is 53.1 Å². The van der Waals surface area contributed by atoms with Gasteiger partial charge < -0.3 is 14.8 Å². The van der Waals surface area contributed by atoms with E-state index in [2.05, 4.69) is 11.4 Å². The van der Waals surface area contributed by atoms with Gasteiger partial charge in [0, 0.05) is 11.3 Å². The number of amides is 1. The number of carbonyl (C=O) groups is 1. The average molecular weight is 339 g/mol. The predicted molar refractivity (Wildman–Crippen MR) is 99.8 cm³/mol. The number of carbonyl (C=O) groups excluding carboxylic acids is 1. The van der Waals surface area contributed by atoms with Gasteiger partial charge in [0.2, 0.25) is 0 Å². The molecule has 1 amide bonds. The second-order valence-electron chi connectivity index (χ2n) is 6.13. The molecule has 0 saturated heterocycles. The van der Waals surface area contributed by atoms with Gasteiger partial charge in [-0.15, -0.1) is 0 Å². The Morgan fingerprint density at radius 3 is 2.56 bits per heavy atom. The van der Waals surface area contributed by atoms with Gasteiger partial charge in [0.1, 0.15) is 0 Å². The van der Waals surface area contributed by atoms with E-state index in [1.807, 2.05) is 26.0 Å². The van der Waals surface area contributed by atoms with Gasteiger partial charge in [-0.2, -0.15) is 0 Å². The van der Waals surface area contributed by atoms with Gasteiger partial charge in [-0.05, 0) is 74.9 Å². The summed E-state index contributed by atoms with van der Waals surface area (Å²) >= 11 is 0. The van der Waals surface area contributed by atoms with Crippen molar-refractivity contribution in [2.75, 3.05) is 18.5 Å². The molecule has 132 valence electrons. The molecule has 0 aromatic heterocycles. The topological polar surface area (TPSA) is 47.6 Å². The summed E-state index contributed by atoms with van der Waals surface area (Å²) in [5.74, 6) is 1.15. The van der Waals surface area contributed by atoms with Crippen molar-refractivity contribution in [3.8, 4) is 11.5 Å². The molecule has 4 heteroatoms. The molecule has 0 aliphatic heterocycles. The highest BCUT2D eigenvalue weighted by atomic mass is 16.5. The molecule has 1 aliphatic carbocycles. The van der Waals surface area contributed by atoms with Crippen LogP contribution in [0.1, 0.15) is 48.2 Å². The first kappa shape index (κ1) is 17.3. The van der Waals surface area contributed by atoms with Gasteiger partial charge >= 0.3 is 0 Å². The molecular formula is C21H25NO3. The highest BCUT2D eigenvalue weighted by Crippen LogP contribution is 2.30. The minimum Gasteiger partial charge on any atom is -0.490 e. The highest BCUT2D eigenvalue weighted by Gasteiger charge is 2.16. The molecule has 0 radical (unpaired) electrons. The molecule has 2 aromatic rings. The zero-order chi connectivity index (χ0) is 17.6. The number of fused-ring (bicyclic) bond motifs is 1. The first-order valence-corrected chi connectivity index (χ1v) is 9.04. The molecule has 0 saturated carbocycles. The molecule has 0 bridgehead atoms. The lowest BCUT2D eigenvalue weighted by Crippen LogP contribution is -2.15. The van der Waals surface area contributed by atoms with Crippen LogP contribution in [0.3, 0.4) is 0 Å². The Hall–Kier alpha value is -2.49. The fourth-order valence-corrected chi connectivity index (χ4v) is 3.29. The monoisotopic (exact) mass is 339 g/mol. The second kappa shape index (κ2) is 8.06. The fourth-order valence-electron chi connectivity index (χ4n) is 3.29. The first-order valence-electron chi connectivity index (χ1n) is 9.04. The molecule has 1 aliphatic rings. The summed E-state index contributed by atoms with van der Waals surface area (Å²) in [4.78, 5) is 12.7. The number of hydrogen-bond donors (Lipinski definition) is 1. The van der Waals surface area contributed by atoms with E-state index in [1.54, 1.807) is 18.2 Å². The standard InChI is InChI=1S/C21H25NO3/c1-3-24-19-13-12-16(14-20(19)25-4-2)21(23)22-18-11-7-9-15-8-5-6-10-17(15)18/h7,9,11-14H,3-6,8,10H2,1-2H3,(H,22,23). The zero-order valence-corrected chi connectivity index (χ0v) is 14.9. The molecular weight excluding hydrogens is 314 g/mol. The molecule has 2 aromatic carbocycles. The van der Waals surface area contributed by atoms with Crippen LogP contribution in [0.2, 0.25) is 0 Å². The summed E-state index contributed by atoms with van der Waals surface area (Å²) in [7, 11) is 0. The van der Waals surface area contributed by atoms with Gasteiger partial charge in [-0.25, -0.2) is 0 Å². The Kier molecular flexibility index (Phi) is 5.59. The van der Waals surface area contributed by atoms with E-state index in [1.165, 1.54) is 24.0 Å². The molecule has 3 rings (SSSR count). The van der Waals surface area contributed by atoms with Crippen molar-refractivity contribution < 1.29 is 14.3 Å². The van der Waals surface area contributed by atoms with E-state index >= 15 is 0 Å². The predicted octanol–water partition coefficient (Wildman–Crippen LogP) is 4.62. The van der Waals surface area contributed by atoms with Gasteiger partial charge in [-0.1, -0.05) is 12.1 Å². The van der Waals surface area contributed by atoms with E-state index in [-0.39, 0.29) is 5.91 Å². The van der Waals surface area contributed by atoms with E-state index in [9.17, 15) is 4.79 Å². The SMILES string of the molecule is CCOc1ccc(C(=O)Nc2cccc3c2CCCC3)cc1OCC. The third-order valence-electron chi connectivity index (χ3n) is 4.45. The van der Waals surface area contributed by atoms with Gasteiger partial charge in [-0.3, -0.25) is 4.79 Å². The van der Waals surface area contributed by atoms with Gasteiger partial charge in [0.05, 0.1) is 13.2 Å². The number of ether oxygens (including phenoxy) is 2. The Morgan fingerprint density at radius 2 is 1.76 bits per heavy atom. The number of aryl methyl sites for hydroxylation is 1. The van der Waals surface area contributed by atoms with Crippen LogP contribution in [-0.2, 0) is 12.8 Å². The molecule has 0 heterocycles. The molecule has 4 nitrogen and oxygen atoms in total. The van der Waals surface area contributed by atoms with Crippen molar-refractivity contribution in [2.24, 2.45) is 0 Å². The van der Waals surface area contributed by atoms with E-state index in [0.29, 0.717) is 30.3 Å². The third-order valence-corrected chi connectivity index (χ3v) is 4.45. The number of nitrogens with one attached hydrogen (secondary N) is 1. The molecule has 0 spiro atoms. The maximum atomic E-state index is 12.7. The molecule has 0 fully saturated rings. The van der Waals surface area contributed by atoms with Crippen LogP contribution in [0.15, 0.2) is 36.4 Å². The van der Waals surface area contributed by atoms with Crippen molar-refractivity contribution in [1.29, 1.82) is 0 Å². The van der Waals surface area contributed by atoms with Crippen LogP contribution in [0.25, 0.3) is 0 Å². The Morgan fingerprint density at radius 1 is 1.00 bits per heavy atom. The van der Waals surface area contributed by atoms with Crippen LogP contribution in [-0.4, -0.2) is 19.1 Å². The smallest absolute Gasteiger partial charge is 0.255 e. The quantitative estimate of drug-likeness (QED) is 0.836. The first-order chi connectivity index (χ1) is 12.2. The zero-order valence-electron chi connectivity index (χ0n) is 14.9. The lowest BCUT2D eigenvalue weighted by atomic mass is 9.90. The van der Waals surface area contributed by atoms with Crippen LogP contribution >= 0.6 is 0 Å². The Bertz CT molecular complexity index is 755. The average Bonchev–Trinajstić information content (AvgIpc) is 2.64. The summed E-state index contributed by atoms with van der Waals surface area (Å²) in [6.07, 6.45) is 4.52. The van der Waals surface area contributed by atoms with Crippen LogP contribution in [0.4, 0.5) is 5.69 Å². The normalized spacial score (nSPS) is 13.0. The molecule has 0 unspecified atom stereocenters.